The van der Waals surface area contributed by atoms with Crippen LogP contribution in [0.2, 0.25) is 5.02 Å². The number of amides is 1. The Morgan fingerprint density at radius 1 is 0.970 bits per heavy atom. The van der Waals surface area contributed by atoms with Crippen LogP contribution in [0.5, 0.6) is 17.2 Å². The van der Waals surface area contributed by atoms with Gasteiger partial charge in [-0.2, -0.15) is 0 Å². The highest BCUT2D eigenvalue weighted by Gasteiger charge is 2.19. The molecule has 2 aromatic heterocycles. The molecule has 0 spiro atoms. The summed E-state index contributed by atoms with van der Waals surface area (Å²) in [5.41, 5.74) is 3.41. The third kappa shape index (κ3) is 4.47. The summed E-state index contributed by atoms with van der Waals surface area (Å²) in [4.78, 5) is 20.6. The summed E-state index contributed by atoms with van der Waals surface area (Å²) in [6, 6.07) is 12.6. The molecule has 0 aliphatic carbocycles. The summed E-state index contributed by atoms with van der Waals surface area (Å²) in [5, 5.41) is 4.14. The Hall–Kier alpha value is -3.29. The second-order valence-corrected chi connectivity index (χ2v) is 9.31. The van der Waals surface area contributed by atoms with E-state index in [0.717, 1.165) is 16.1 Å². The van der Waals surface area contributed by atoms with Crippen LogP contribution in [0, 0.1) is 13.8 Å². The van der Waals surface area contributed by atoms with E-state index in [4.69, 9.17) is 30.8 Å². The van der Waals surface area contributed by atoms with Crippen molar-refractivity contribution in [1.82, 2.24) is 4.98 Å². The number of pyridine rings is 1. The van der Waals surface area contributed by atoms with Gasteiger partial charge in [0.05, 0.1) is 38.1 Å². The van der Waals surface area contributed by atoms with E-state index < -0.39 is 0 Å². The number of aromatic nitrogens is 1. The Morgan fingerprint density at radius 3 is 2.24 bits per heavy atom. The number of hydrogen-bond donors (Lipinski definition) is 1. The fraction of sp³-hybridized carbons (Fsp3) is 0.200. The van der Waals surface area contributed by atoms with E-state index >= 15 is 0 Å². The maximum absolute atomic E-state index is 13.5. The van der Waals surface area contributed by atoms with Crippen LogP contribution in [0.1, 0.15) is 20.1 Å². The number of methoxy groups -OCH3 is 3. The molecule has 33 heavy (non-hydrogen) atoms. The van der Waals surface area contributed by atoms with E-state index in [1.807, 2.05) is 6.07 Å². The van der Waals surface area contributed by atoms with Crippen molar-refractivity contribution in [3.63, 3.8) is 0 Å². The maximum Gasteiger partial charge on any atom is 0.256 e. The molecule has 0 saturated heterocycles. The number of ether oxygens (including phenoxy) is 3. The van der Waals surface area contributed by atoms with Crippen molar-refractivity contribution < 1.29 is 19.0 Å². The first-order valence-electron chi connectivity index (χ1n) is 10.1. The van der Waals surface area contributed by atoms with Gasteiger partial charge in [-0.15, -0.1) is 11.3 Å². The summed E-state index contributed by atoms with van der Waals surface area (Å²) in [5.74, 6) is 1.04. The van der Waals surface area contributed by atoms with Crippen LogP contribution >= 0.6 is 22.9 Å². The van der Waals surface area contributed by atoms with Gasteiger partial charge in [0.25, 0.3) is 5.91 Å². The molecule has 0 radical (unpaired) electrons. The molecule has 2 heterocycles. The van der Waals surface area contributed by atoms with E-state index in [1.165, 1.54) is 26.2 Å². The van der Waals surface area contributed by atoms with Gasteiger partial charge in [-0.3, -0.25) is 4.79 Å². The molecule has 0 saturated carbocycles. The minimum Gasteiger partial charge on any atom is -0.493 e. The second kappa shape index (κ2) is 9.29. The predicted molar refractivity (Wildman–Crippen MR) is 134 cm³/mol. The fourth-order valence-electron chi connectivity index (χ4n) is 3.76. The first-order chi connectivity index (χ1) is 15.8. The third-order valence-electron chi connectivity index (χ3n) is 5.25. The number of fused-ring (bicyclic) bond motifs is 1. The molecule has 170 valence electrons. The van der Waals surface area contributed by atoms with E-state index in [9.17, 15) is 4.79 Å². The van der Waals surface area contributed by atoms with E-state index in [-0.39, 0.29) is 5.91 Å². The zero-order chi connectivity index (χ0) is 23.7. The number of carbonyl (C=O) groups is 1. The minimum absolute atomic E-state index is 0.301. The molecule has 0 aliphatic rings. The highest BCUT2D eigenvalue weighted by atomic mass is 35.5. The van der Waals surface area contributed by atoms with Crippen LogP contribution in [0.15, 0.2) is 42.5 Å². The van der Waals surface area contributed by atoms with Gasteiger partial charge in [-0.25, -0.2) is 4.98 Å². The number of benzene rings is 2. The largest absolute Gasteiger partial charge is 0.493 e. The highest BCUT2D eigenvalue weighted by molar-refractivity contribution is 7.12. The normalized spacial score (nSPS) is 10.8. The Labute approximate surface area is 201 Å². The first-order valence-corrected chi connectivity index (χ1v) is 11.3. The van der Waals surface area contributed by atoms with E-state index in [1.54, 1.807) is 41.7 Å². The number of nitrogens with zero attached hydrogens (tertiary/aromatic N) is 1. The molecular weight excluding hydrogens is 460 g/mol. The molecule has 4 rings (SSSR count). The van der Waals surface area contributed by atoms with E-state index in [2.05, 4.69) is 25.2 Å². The number of halogens is 1. The van der Waals surface area contributed by atoms with Crippen LogP contribution in [0.25, 0.3) is 22.2 Å². The number of thiophene rings is 1. The standard InChI is InChI=1S/C25H23ClN2O4S/c1-13-8-17(14(2)33-13)21-12-19(18-9-15(26)6-7-20(18)28-21)25(29)27-16-10-22(30-3)24(32-5)23(11-16)31-4/h6-12H,1-5H3,(H,27,29). The molecule has 6 nitrogen and oxygen atoms in total. The summed E-state index contributed by atoms with van der Waals surface area (Å²) in [6.45, 7) is 4.11. The third-order valence-corrected chi connectivity index (χ3v) is 6.46. The molecule has 0 fully saturated rings. The number of carbonyl (C=O) groups excluding carboxylic acids is 1. The average Bonchev–Trinajstić information content (AvgIpc) is 3.15. The van der Waals surface area contributed by atoms with Crippen LogP contribution < -0.4 is 19.5 Å². The molecule has 0 atom stereocenters. The molecule has 0 unspecified atom stereocenters. The zero-order valence-electron chi connectivity index (χ0n) is 18.9. The van der Waals surface area contributed by atoms with Crippen LogP contribution in [-0.4, -0.2) is 32.2 Å². The quantitative estimate of drug-likeness (QED) is 0.339. The van der Waals surface area contributed by atoms with Gasteiger partial charge in [0.1, 0.15) is 0 Å². The SMILES string of the molecule is COc1cc(NC(=O)c2cc(-c3cc(C)sc3C)nc3ccc(Cl)cc23)cc(OC)c1OC. The lowest BCUT2D eigenvalue weighted by Gasteiger charge is -2.15. The van der Waals surface area contributed by atoms with Crippen LogP contribution in [0.3, 0.4) is 0 Å². The minimum atomic E-state index is -0.301. The molecule has 2 aromatic carbocycles. The number of nitrogens with one attached hydrogen (secondary N) is 1. The molecular formula is C25H23ClN2O4S. The van der Waals surface area contributed by atoms with Crippen molar-refractivity contribution in [2.75, 3.05) is 26.6 Å². The molecule has 4 aromatic rings. The van der Waals surface area contributed by atoms with Gasteiger partial charge in [-0.05, 0) is 44.2 Å². The van der Waals surface area contributed by atoms with Gasteiger partial charge in [0, 0.05) is 43.5 Å². The molecule has 1 amide bonds. The van der Waals surface area contributed by atoms with Crippen molar-refractivity contribution in [2.24, 2.45) is 0 Å². The van der Waals surface area contributed by atoms with Crippen molar-refractivity contribution in [2.45, 2.75) is 13.8 Å². The van der Waals surface area contributed by atoms with Crippen molar-refractivity contribution >= 4 is 45.4 Å². The number of rotatable bonds is 6. The maximum atomic E-state index is 13.5. The van der Waals surface area contributed by atoms with Crippen molar-refractivity contribution in [3.05, 3.63) is 62.8 Å². The van der Waals surface area contributed by atoms with Gasteiger partial charge in [0.2, 0.25) is 5.75 Å². The summed E-state index contributed by atoms with van der Waals surface area (Å²) >= 11 is 7.95. The summed E-state index contributed by atoms with van der Waals surface area (Å²) in [6.07, 6.45) is 0. The molecule has 1 N–H and O–H groups in total. The number of anilines is 1. The monoisotopic (exact) mass is 482 g/mol. The average molecular weight is 483 g/mol. The summed E-state index contributed by atoms with van der Waals surface area (Å²) < 4.78 is 16.2. The van der Waals surface area contributed by atoms with Crippen LogP contribution in [0.4, 0.5) is 5.69 Å². The first kappa shape index (κ1) is 22.9. The lowest BCUT2D eigenvalue weighted by molar-refractivity contribution is 0.102. The van der Waals surface area contributed by atoms with Crippen LogP contribution in [-0.2, 0) is 0 Å². The van der Waals surface area contributed by atoms with Gasteiger partial charge < -0.3 is 19.5 Å². The zero-order valence-corrected chi connectivity index (χ0v) is 20.5. The Bertz CT molecular complexity index is 1340. The van der Waals surface area contributed by atoms with Crippen molar-refractivity contribution in [3.8, 4) is 28.5 Å². The van der Waals surface area contributed by atoms with E-state index in [0.29, 0.717) is 44.4 Å². The number of hydrogen-bond acceptors (Lipinski definition) is 6. The van der Waals surface area contributed by atoms with Gasteiger partial charge >= 0.3 is 0 Å². The second-order valence-electron chi connectivity index (χ2n) is 7.41. The highest BCUT2D eigenvalue weighted by Crippen LogP contribution is 2.40. The topological polar surface area (TPSA) is 69.7 Å². The Morgan fingerprint density at radius 2 is 1.67 bits per heavy atom. The summed E-state index contributed by atoms with van der Waals surface area (Å²) in [7, 11) is 4.58. The van der Waals surface area contributed by atoms with Crippen molar-refractivity contribution in [1.29, 1.82) is 0 Å². The fourth-order valence-corrected chi connectivity index (χ4v) is 4.87. The lowest BCUT2D eigenvalue weighted by Crippen LogP contribution is -2.13. The Kier molecular flexibility index (Phi) is 6.44. The van der Waals surface area contributed by atoms with Gasteiger partial charge in [-0.1, -0.05) is 11.6 Å². The smallest absolute Gasteiger partial charge is 0.256 e. The lowest BCUT2D eigenvalue weighted by atomic mass is 10.0. The molecule has 0 bridgehead atoms. The molecule has 0 aliphatic heterocycles. The van der Waals surface area contributed by atoms with Gasteiger partial charge in [0.15, 0.2) is 11.5 Å². The predicted octanol–water partition coefficient (Wildman–Crippen LogP) is 6.51. The number of aryl methyl sites for hydroxylation is 2. The Balaban J connectivity index is 1.82. The molecule has 8 heteroatoms.